The zero-order chi connectivity index (χ0) is 10.1. The largest absolute Gasteiger partial charge is 0.478 e. The minimum Gasteiger partial charge on any atom is -0.478 e. The number of thioether (sulfide) groups is 1. The van der Waals surface area contributed by atoms with Gasteiger partial charge in [0.15, 0.2) is 0 Å². The van der Waals surface area contributed by atoms with Crippen molar-refractivity contribution < 1.29 is 22.9 Å². The van der Waals surface area contributed by atoms with Crippen LogP contribution in [0.3, 0.4) is 0 Å². The van der Waals surface area contributed by atoms with Crippen molar-refractivity contribution in [1.29, 1.82) is 0 Å². The van der Waals surface area contributed by atoms with Crippen molar-refractivity contribution in [2.24, 2.45) is 4.99 Å². The average molecular weight is 226 g/mol. The molecule has 0 fully saturated rings. The smallest absolute Gasteiger partial charge is 0.348 e. The molecule has 0 amide bonds. The first-order valence-electron chi connectivity index (χ1n) is 3.01. The van der Waals surface area contributed by atoms with Crippen LogP contribution in [0, 0.1) is 0 Å². The van der Waals surface area contributed by atoms with Gasteiger partial charge in [-0.05, 0) is 0 Å². The number of nitrogens with zero attached hydrogens (tertiary/aromatic N) is 1. The fourth-order valence-corrected chi connectivity index (χ4v) is 2.32. The molecule has 1 aliphatic heterocycles. The number of hydrogen-bond donors (Lipinski definition) is 3. The number of carbonyl (C=O) groups is 1. The number of hydrogen-bond acceptors (Lipinski definition) is 5. The topological polar surface area (TPSA) is 116 Å². The highest BCUT2D eigenvalue weighted by atomic mass is 32.2. The Morgan fingerprint density at radius 1 is 1.69 bits per heavy atom. The number of aliphatic carboxylic acids is 1. The van der Waals surface area contributed by atoms with Gasteiger partial charge < -0.3 is 5.11 Å². The van der Waals surface area contributed by atoms with Crippen molar-refractivity contribution in [1.82, 2.24) is 4.72 Å². The maximum atomic E-state index is 10.6. The van der Waals surface area contributed by atoms with E-state index < -0.39 is 21.9 Å². The third-order valence-corrected chi connectivity index (χ3v) is 2.73. The number of nitrogens with one attached hydrogen (secondary N) is 1. The van der Waals surface area contributed by atoms with Crippen LogP contribution in [0.2, 0.25) is 0 Å². The first kappa shape index (κ1) is 10.4. The molecule has 0 radical (unpaired) electrons. The molecule has 0 saturated carbocycles. The molecule has 3 N–H and O–H groups in total. The zero-order valence-electron chi connectivity index (χ0n) is 6.17. The van der Waals surface area contributed by atoms with Gasteiger partial charge in [-0.15, -0.1) is 11.8 Å². The molecule has 1 aliphatic rings. The van der Waals surface area contributed by atoms with E-state index in [0.29, 0.717) is 0 Å². The molecular weight excluding hydrogens is 220 g/mol. The van der Waals surface area contributed by atoms with Gasteiger partial charge >= 0.3 is 16.3 Å². The molecule has 13 heavy (non-hydrogen) atoms. The molecule has 0 aromatic heterocycles. The Balaban J connectivity index is 2.94. The summed E-state index contributed by atoms with van der Waals surface area (Å²) >= 11 is 1.04. The molecule has 0 spiro atoms. The standard InChI is InChI=1S/C4H6N2O5S2/c7-3(8)4(1-12-2-5-4)6-13(9,10)11/h2,6H,1H2,(H,7,8)(H,9,10,11). The molecule has 1 heterocycles. The highest BCUT2D eigenvalue weighted by molar-refractivity contribution is 8.12. The highest BCUT2D eigenvalue weighted by Gasteiger charge is 2.43. The lowest BCUT2D eigenvalue weighted by atomic mass is 10.2. The predicted octanol–water partition coefficient (Wildman–Crippen LogP) is -1.07. The maximum absolute atomic E-state index is 10.6. The minimum atomic E-state index is -4.57. The summed E-state index contributed by atoms with van der Waals surface area (Å²) in [5.74, 6) is -1.53. The second kappa shape index (κ2) is 3.25. The first-order chi connectivity index (χ1) is 5.86. The number of aliphatic imine (C=N–C) groups is 1. The summed E-state index contributed by atoms with van der Waals surface area (Å²) < 4.78 is 30.7. The van der Waals surface area contributed by atoms with Gasteiger partial charge in [-0.1, -0.05) is 0 Å². The van der Waals surface area contributed by atoms with Crippen molar-refractivity contribution in [3.05, 3.63) is 0 Å². The van der Waals surface area contributed by atoms with Gasteiger partial charge in [0.2, 0.25) is 5.66 Å². The van der Waals surface area contributed by atoms with Gasteiger partial charge in [0.05, 0.1) is 5.55 Å². The highest BCUT2D eigenvalue weighted by Crippen LogP contribution is 2.21. The molecule has 9 heteroatoms. The molecule has 1 atom stereocenters. The monoisotopic (exact) mass is 226 g/mol. The van der Waals surface area contributed by atoms with E-state index in [2.05, 4.69) is 4.99 Å². The van der Waals surface area contributed by atoms with Crippen LogP contribution < -0.4 is 4.72 Å². The van der Waals surface area contributed by atoms with Crippen LogP contribution in [0.1, 0.15) is 0 Å². The van der Waals surface area contributed by atoms with Crippen molar-refractivity contribution >= 4 is 33.6 Å². The van der Waals surface area contributed by atoms with Crippen molar-refractivity contribution in [2.75, 3.05) is 5.75 Å². The second-order valence-electron chi connectivity index (χ2n) is 2.29. The van der Waals surface area contributed by atoms with E-state index >= 15 is 0 Å². The summed E-state index contributed by atoms with van der Waals surface area (Å²) in [6, 6.07) is 0. The quantitative estimate of drug-likeness (QED) is 0.528. The third kappa shape index (κ3) is 2.40. The van der Waals surface area contributed by atoms with Crippen LogP contribution in [0.15, 0.2) is 4.99 Å². The van der Waals surface area contributed by atoms with Crippen molar-refractivity contribution in [2.45, 2.75) is 5.66 Å². The van der Waals surface area contributed by atoms with Gasteiger partial charge in [0.25, 0.3) is 0 Å². The predicted molar refractivity (Wildman–Crippen MR) is 46.0 cm³/mol. The minimum absolute atomic E-state index is 0.0812. The summed E-state index contributed by atoms with van der Waals surface area (Å²) in [7, 11) is -4.57. The van der Waals surface area contributed by atoms with Crippen LogP contribution >= 0.6 is 11.8 Å². The van der Waals surface area contributed by atoms with E-state index in [0.717, 1.165) is 11.8 Å². The molecule has 0 aromatic carbocycles. The maximum Gasteiger partial charge on any atom is 0.348 e. The summed E-state index contributed by atoms with van der Waals surface area (Å²) in [5.41, 5.74) is -0.745. The molecule has 74 valence electrons. The van der Waals surface area contributed by atoms with Gasteiger partial charge in [-0.2, -0.15) is 13.1 Å². The van der Waals surface area contributed by atoms with E-state index in [9.17, 15) is 13.2 Å². The Kier molecular flexibility index (Phi) is 2.61. The summed E-state index contributed by atoms with van der Waals surface area (Å²) in [6.07, 6.45) is 0. The number of carboxylic acids is 1. The van der Waals surface area contributed by atoms with E-state index in [4.69, 9.17) is 9.66 Å². The molecule has 1 rings (SSSR count). The van der Waals surface area contributed by atoms with Gasteiger partial charge in [0, 0.05) is 5.75 Å². The molecule has 0 aliphatic carbocycles. The molecule has 0 bridgehead atoms. The van der Waals surface area contributed by atoms with Crippen molar-refractivity contribution in [3.63, 3.8) is 0 Å². The summed E-state index contributed by atoms with van der Waals surface area (Å²) in [5, 5.41) is 8.66. The first-order valence-corrected chi connectivity index (χ1v) is 5.50. The lowest BCUT2D eigenvalue weighted by Gasteiger charge is -2.18. The Morgan fingerprint density at radius 2 is 2.31 bits per heavy atom. The van der Waals surface area contributed by atoms with Crippen LogP contribution in [-0.2, 0) is 15.1 Å². The number of rotatable bonds is 3. The van der Waals surface area contributed by atoms with E-state index in [-0.39, 0.29) is 5.75 Å². The van der Waals surface area contributed by atoms with E-state index in [1.165, 1.54) is 5.55 Å². The van der Waals surface area contributed by atoms with E-state index in [1.54, 1.807) is 4.72 Å². The zero-order valence-corrected chi connectivity index (χ0v) is 7.80. The van der Waals surface area contributed by atoms with Gasteiger partial charge in [-0.25, -0.2) is 4.79 Å². The normalized spacial score (nSPS) is 27.8. The molecular formula is C4H6N2O5S2. The molecule has 7 nitrogen and oxygen atoms in total. The van der Waals surface area contributed by atoms with Gasteiger partial charge in [0.1, 0.15) is 0 Å². The molecule has 0 aromatic rings. The Bertz CT molecular complexity index is 350. The third-order valence-electron chi connectivity index (χ3n) is 1.29. The fourth-order valence-electron chi connectivity index (χ4n) is 0.752. The van der Waals surface area contributed by atoms with Crippen LogP contribution in [0.25, 0.3) is 0 Å². The second-order valence-corrected chi connectivity index (χ2v) is 4.28. The lowest BCUT2D eigenvalue weighted by molar-refractivity contribution is -0.142. The van der Waals surface area contributed by atoms with Crippen LogP contribution in [0.4, 0.5) is 0 Å². The molecule has 0 saturated heterocycles. The summed E-state index contributed by atoms with van der Waals surface area (Å²) in [6.45, 7) is 0. The SMILES string of the molecule is O=C(O)C1(NS(=O)(=O)O)CSC=N1. The van der Waals surface area contributed by atoms with Gasteiger partial charge in [-0.3, -0.25) is 9.55 Å². The van der Waals surface area contributed by atoms with Crippen molar-refractivity contribution in [3.8, 4) is 0 Å². The Labute approximate surface area is 78.1 Å². The van der Waals surface area contributed by atoms with E-state index in [1.807, 2.05) is 0 Å². The number of carboxylic acid groups (broad SMARTS) is 1. The van der Waals surface area contributed by atoms with Crippen LogP contribution in [-0.4, -0.2) is 41.0 Å². The fraction of sp³-hybridized carbons (Fsp3) is 0.500. The van der Waals surface area contributed by atoms with Crippen LogP contribution in [0.5, 0.6) is 0 Å². The Hall–Kier alpha value is -0.640. The molecule has 1 unspecified atom stereocenters. The average Bonchev–Trinajstić information content (AvgIpc) is 2.33. The lowest BCUT2D eigenvalue weighted by Crippen LogP contribution is -2.53. The summed E-state index contributed by atoms with van der Waals surface area (Å²) in [4.78, 5) is 14.1. The Morgan fingerprint density at radius 3 is 2.62 bits per heavy atom.